The van der Waals surface area contributed by atoms with E-state index in [1.807, 2.05) is 25.1 Å². The van der Waals surface area contributed by atoms with E-state index >= 15 is 0 Å². The van der Waals surface area contributed by atoms with Gasteiger partial charge >= 0.3 is 5.97 Å². The van der Waals surface area contributed by atoms with E-state index in [1.165, 1.54) is 0 Å². The normalized spacial score (nSPS) is 21.9. The van der Waals surface area contributed by atoms with Crippen LogP contribution in [0.5, 0.6) is 11.5 Å². The van der Waals surface area contributed by atoms with Gasteiger partial charge in [0.2, 0.25) is 0 Å². The number of hydrogen-bond acceptors (Lipinski definition) is 6. The highest BCUT2D eigenvalue weighted by atomic mass is 16.5. The molecule has 0 aromatic heterocycles. The first kappa shape index (κ1) is 17.1. The van der Waals surface area contributed by atoms with Gasteiger partial charge < -0.3 is 14.2 Å². The van der Waals surface area contributed by atoms with Gasteiger partial charge in [-0.25, -0.2) is 0 Å². The quantitative estimate of drug-likeness (QED) is 0.776. The summed E-state index contributed by atoms with van der Waals surface area (Å²) in [6, 6.07) is 7.83. The van der Waals surface area contributed by atoms with Crippen LogP contribution in [-0.4, -0.2) is 32.5 Å². The fraction of sp³-hybridized carbons (Fsp3) is 0.529. The molecule has 1 aromatic rings. The van der Waals surface area contributed by atoms with Crippen molar-refractivity contribution in [3.63, 3.8) is 0 Å². The van der Waals surface area contributed by atoms with Crippen LogP contribution in [0.25, 0.3) is 0 Å². The Labute approximate surface area is 136 Å². The van der Waals surface area contributed by atoms with Crippen LogP contribution in [0.15, 0.2) is 18.2 Å². The van der Waals surface area contributed by atoms with E-state index in [-0.39, 0.29) is 18.6 Å². The molecular formula is C17H22N2O4. The van der Waals surface area contributed by atoms with Crippen molar-refractivity contribution in [2.24, 2.45) is 0 Å². The zero-order valence-electron chi connectivity index (χ0n) is 13.7. The standard InChI is InChI=1S/C17H22N2O4/c1-4-22-15(20)7-10-19-16-17(2,8-9-18)13-6-5-12(21-3)11-14(13)23-16/h5-6,11,16,19H,4,7-8,10H2,1-3H3. The van der Waals surface area contributed by atoms with Crippen molar-refractivity contribution in [3.8, 4) is 17.6 Å². The Morgan fingerprint density at radius 3 is 2.96 bits per heavy atom. The summed E-state index contributed by atoms with van der Waals surface area (Å²) in [5.74, 6) is 1.16. The third-order valence-electron chi connectivity index (χ3n) is 4.04. The Morgan fingerprint density at radius 2 is 2.30 bits per heavy atom. The molecular weight excluding hydrogens is 296 g/mol. The van der Waals surface area contributed by atoms with E-state index in [0.29, 0.717) is 31.1 Å². The molecule has 1 aromatic carbocycles. The zero-order chi connectivity index (χ0) is 16.9. The molecule has 23 heavy (non-hydrogen) atoms. The molecule has 0 bridgehead atoms. The molecule has 0 radical (unpaired) electrons. The van der Waals surface area contributed by atoms with Crippen LogP contribution >= 0.6 is 0 Å². The number of benzene rings is 1. The van der Waals surface area contributed by atoms with Crippen molar-refractivity contribution in [1.82, 2.24) is 5.32 Å². The predicted molar refractivity (Wildman–Crippen MR) is 84.2 cm³/mol. The van der Waals surface area contributed by atoms with Gasteiger partial charge in [0, 0.05) is 24.6 Å². The van der Waals surface area contributed by atoms with E-state index in [9.17, 15) is 10.1 Å². The minimum Gasteiger partial charge on any atom is -0.497 e. The molecule has 2 rings (SSSR count). The molecule has 1 N–H and O–H groups in total. The highest BCUT2D eigenvalue weighted by Gasteiger charge is 2.45. The lowest BCUT2D eigenvalue weighted by atomic mass is 9.79. The molecule has 0 aliphatic carbocycles. The first-order chi connectivity index (χ1) is 11.0. The minimum absolute atomic E-state index is 0.251. The van der Waals surface area contributed by atoms with Gasteiger partial charge in [-0.2, -0.15) is 5.26 Å². The van der Waals surface area contributed by atoms with Crippen LogP contribution in [0.2, 0.25) is 0 Å². The molecule has 124 valence electrons. The lowest BCUT2D eigenvalue weighted by Crippen LogP contribution is -2.47. The van der Waals surface area contributed by atoms with Crippen molar-refractivity contribution in [2.75, 3.05) is 20.3 Å². The van der Waals surface area contributed by atoms with Gasteiger partial charge in [-0.15, -0.1) is 0 Å². The summed E-state index contributed by atoms with van der Waals surface area (Å²) >= 11 is 0. The molecule has 1 heterocycles. The molecule has 6 heteroatoms. The van der Waals surface area contributed by atoms with Crippen molar-refractivity contribution >= 4 is 5.97 Å². The summed E-state index contributed by atoms with van der Waals surface area (Å²) in [5, 5.41) is 12.4. The second-order valence-electron chi connectivity index (χ2n) is 5.62. The van der Waals surface area contributed by atoms with Gasteiger partial charge in [0.1, 0.15) is 11.5 Å². The van der Waals surface area contributed by atoms with E-state index in [2.05, 4.69) is 11.4 Å². The molecule has 0 saturated carbocycles. The number of nitrogens with one attached hydrogen (secondary N) is 1. The van der Waals surface area contributed by atoms with Crippen LogP contribution in [0.1, 0.15) is 32.3 Å². The Balaban J connectivity index is 2.11. The molecule has 6 nitrogen and oxygen atoms in total. The van der Waals surface area contributed by atoms with Crippen LogP contribution in [0.3, 0.4) is 0 Å². The Kier molecular flexibility index (Phi) is 5.45. The second kappa shape index (κ2) is 7.34. The average molecular weight is 318 g/mol. The molecule has 0 spiro atoms. The molecule has 0 amide bonds. The fourth-order valence-corrected chi connectivity index (χ4v) is 2.75. The van der Waals surface area contributed by atoms with E-state index in [4.69, 9.17) is 14.2 Å². The Hall–Kier alpha value is -2.26. The predicted octanol–water partition coefficient (Wildman–Crippen LogP) is 2.13. The minimum atomic E-state index is -0.481. The van der Waals surface area contributed by atoms with Gasteiger partial charge in [0.25, 0.3) is 0 Å². The third-order valence-corrected chi connectivity index (χ3v) is 4.04. The molecule has 2 unspecified atom stereocenters. The Morgan fingerprint density at radius 1 is 1.52 bits per heavy atom. The number of nitrogens with zero attached hydrogens (tertiary/aromatic N) is 1. The largest absolute Gasteiger partial charge is 0.497 e. The number of rotatable bonds is 7. The van der Waals surface area contributed by atoms with Crippen LogP contribution in [-0.2, 0) is 14.9 Å². The average Bonchev–Trinajstić information content (AvgIpc) is 2.80. The lowest BCUT2D eigenvalue weighted by Gasteiger charge is -2.28. The molecule has 0 fully saturated rings. The highest BCUT2D eigenvalue weighted by molar-refractivity contribution is 5.69. The summed E-state index contributed by atoms with van der Waals surface area (Å²) in [6.07, 6.45) is 0.193. The summed E-state index contributed by atoms with van der Waals surface area (Å²) in [5.41, 5.74) is 0.485. The number of esters is 1. The second-order valence-corrected chi connectivity index (χ2v) is 5.62. The molecule has 2 atom stereocenters. The van der Waals surface area contributed by atoms with Gasteiger partial charge in [-0.3, -0.25) is 10.1 Å². The number of carbonyl (C=O) groups excluding carboxylic acids is 1. The van der Waals surface area contributed by atoms with Crippen molar-refractivity contribution in [2.45, 2.75) is 38.3 Å². The SMILES string of the molecule is CCOC(=O)CCNC1Oc2cc(OC)ccc2C1(C)CC#N. The lowest BCUT2D eigenvalue weighted by molar-refractivity contribution is -0.143. The van der Waals surface area contributed by atoms with Crippen molar-refractivity contribution < 1.29 is 19.0 Å². The van der Waals surface area contributed by atoms with E-state index in [1.54, 1.807) is 14.0 Å². The zero-order valence-corrected chi connectivity index (χ0v) is 13.7. The number of carbonyl (C=O) groups is 1. The van der Waals surface area contributed by atoms with Crippen molar-refractivity contribution in [3.05, 3.63) is 23.8 Å². The monoisotopic (exact) mass is 318 g/mol. The van der Waals surface area contributed by atoms with Gasteiger partial charge in [0.05, 0.1) is 31.6 Å². The topological polar surface area (TPSA) is 80.6 Å². The number of nitriles is 1. The van der Waals surface area contributed by atoms with Crippen LogP contribution in [0.4, 0.5) is 0 Å². The summed E-state index contributed by atoms with van der Waals surface area (Å²) in [4.78, 5) is 11.4. The maximum Gasteiger partial charge on any atom is 0.307 e. The summed E-state index contributed by atoms with van der Waals surface area (Å²) in [7, 11) is 1.60. The van der Waals surface area contributed by atoms with Crippen molar-refractivity contribution in [1.29, 1.82) is 5.26 Å². The fourth-order valence-electron chi connectivity index (χ4n) is 2.75. The molecule has 0 saturated heterocycles. The molecule has 1 aliphatic rings. The maximum absolute atomic E-state index is 11.4. The number of fused-ring (bicyclic) bond motifs is 1. The van der Waals surface area contributed by atoms with E-state index in [0.717, 1.165) is 5.56 Å². The third kappa shape index (κ3) is 3.57. The Bertz CT molecular complexity index is 611. The first-order valence-corrected chi connectivity index (χ1v) is 7.66. The highest BCUT2D eigenvalue weighted by Crippen LogP contribution is 2.45. The smallest absolute Gasteiger partial charge is 0.307 e. The maximum atomic E-state index is 11.4. The number of ether oxygens (including phenoxy) is 3. The van der Waals surface area contributed by atoms with Crippen LogP contribution in [0, 0.1) is 11.3 Å². The summed E-state index contributed by atoms with van der Waals surface area (Å²) in [6.45, 7) is 4.56. The summed E-state index contributed by atoms with van der Waals surface area (Å²) < 4.78 is 16.1. The molecule has 1 aliphatic heterocycles. The van der Waals surface area contributed by atoms with E-state index < -0.39 is 5.41 Å². The van der Waals surface area contributed by atoms with Gasteiger partial charge in [0.15, 0.2) is 6.23 Å². The number of hydrogen-bond donors (Lipinski definition) is 1. The van der Waals surface area contributed by atoms with Gasteiger partial charge in [-0.05, 0) is 19.9 Å². The number of methoxy groups -OCH3 is 1. The first-order valence-electron chi connectivity index (χ1n) is 7.66. The van der Waals surface area contributed by atoms with Gasteiger partial charge in [-0.1, -0.05) is 6.07 Å². The van der Waals surface area contributed by atoms with Crippen LogP contribution < -0.4 is 14.8 Å².